The summed E-state index contributed by atoms with van der Waals surface area (Å²) in [5, 5.41) is 0. The van der Waals surface area contributed by atoms with Crippen LogP contribution in [0.1, 0.15) is 65.2 Å². The molecule has 0 aliphatic heterocycles. The molecule has 4 aliphatic rings. The van der Waals surface area contributed by atoms with Crippen LogP contribution < -0.4 is 0 Å². The van der Waals surface area contributed by atoms with Crippen molar-refractivity contribution in [1.82, 2.24) is 0 Å². The van der Waals surface area contributed by atoms with Crippen LogP contribution in [0.5, 0.6) is 0 Å². The first-order chi connectivity index (χ1) is 11.2. The molecule has 136 valence electrons. The van der Waals surface area contributed by atoms with Gasteiger partial charge in [0.2, 0.25) is 0 Å². The first-order valence-corrected chi connectivity index (χ1v) is 10.9. The van der Waals surface area contributed by atoms with Crippen molar-refractivity contribution in [1.29, 1.82) is 0 Å². The van der Waals surface area contributed by atoms with Crippen LogP contribution in [-0.4, -0.2) is 19.1 Å². The second kappa shape index (κ2) is 5.55. The molecule has 4 nitrogen and oxygen atoms in total. The normalized spacial score (nSPS) is 50.9. The third-order valence-electron chi connectivity index (χ3n) is 8.20. The predicted octanol–water partition coefficient (Wildman–Crippen LogP) is 4.38. The molecular weight excluding hydrogens is 324 g/mol. The standard InChI is InChI=1S/C19H30O4S/c1-18-9-3-4-16(18)15-6-5-13-12-14(23-24(20,21)22)7-11-19(13,2)17(15)8-10-18/h3,9,13-17H,4-8,10-12H2,1-2H3,(H,20,21,22)/t13-,14-,15+,16+,17+,18+,19+/m1/s1. The Morgan fingerprint density at radius 3 is 2.62 bits per heavy atom. The van der Waals surface area contributed by atoms with Gasteiger partial charge in [0.05, 0.1) is 6.10 Å². The zero-order valence-electron chi connectivity index (χ0n) is 14.8. The maximum absolute atomic E-state index is 11.1. The van der Waals surface area contributed by atoms with Crippen molar-refractivity contribution in [2.75, 3.05) is 0 Å². The van der Waals surface area contributed by atoms with Gasteiger partial charge in [-0.25, -0.2) is 4.18 Å². The fraction of sp³-hybridized carbons (Fsp3) is 0.895. The zero-order valence-corrected chi connectivity index (χ0v) is 15.6. The van der Waals surface area contributed by atoms with Gasteiger partial charge >= 0.3 is 10.4 Å². The summed E-state index contributed by atoms with van der Waals surface area (Å²) in [6, 6.07) is 0. The molecule has 0 aromatic carbocycles. The number of hydrogen-bond acceptors (Lipinski definition) is 3. The minimum absolute atomic E-state index is 0.311. The SMILES string of the molecule is C[C@]12CC[C@@H](OS(=O)(=O)O)C[C@H]1CC[C@@H]1[C@@H]2CC[C@]2(C)C=CC[C@@H]12. The largest absolute Gasteiger partial charge is 0.397 e. The van der Waals surface area contributed by atoms with Crippen LogP contribution in [0.15, 0.2) is 12.2 Å². The number of rotatable bonds is 2. The molecule has 0 radical (unpaired) electrons. The molecule has 0 spiro atoms. The number of hydrogen-bond donors (Lipinski definition) is 1. The van der Waals surface area contributed by atoms with Gasteiger partial charge < -0.3 is 0 Å². The van der Waals surface area contributed by atoms with Gasteiger partial charge in [-0.1, -0.05) is 26.0 Å². The summed E-state index contributed by atoms with van der Waals surface area (Å²) in [4.78, 5) is 0. The quantitative estimate of drug-likeness (QED) is 0.590. The lowest BCUT2D eigenvalue weighted by Gasteiger charge is -2.60. The Labute approximate surface area is 146 Å². The Kier molecular flexibility index (Phi) is 3.94. The van der Waals surface area contributed by atoms with E-state index in [0.717, 1.165) is 37.0 Å². The van der Waals surface area contributed by atoms with Crippen LogP contribution in [0.25, 0.3) is 0 Å². The minimum Gasteiger partial charge on any atom is -0.264 e. The lowest BCUT2D eigenvalue weighted by Crippen LogP contribution is -2.53. The summed E-state index contributed by atoms with van der Waals surface area (Å²) in [5.41, 5.74) is 0.724. The van der Waals surface area contributed by atoms with Gasteiger partial charge in [-0.05, 0) is 85.9 Å². The van der Waals surface area contributed by atoms with Crippen LogP contribution in [0.4, 0.5) is 0 Å². The monoisotopic (exact) mass is 354 g/mol. The maximum Gasteiger partial charge on any atom is 0.397 e. The van der Waals surface area contributed by atoms with E-state index in [4.69, 9.17) is 8.74 Å². The molecule has 0 saturated heterocycles. The average Bonchev–Trinajstić information content (AvgIpc) is 2.88. The van der Waals surface area contributed by atoms with E-state index in [-0.39, 0.29) is 6.10 Å². The van der Waals surface area contributed by atoms with Crippen LogP contribution in [0.3, 0.4) is 0 Å². The molecule has 5 heteroatoms. The summed E-state index contributed by atoms with van der Waals surface area (Å²) in [6.45, 7) is 4.89. The van der Waals surface area contributed by atoms with E-state index in [1.807, 2.05) is 0 Å². The van der Waals surface area contributed by atoms with E-state index in [9.17, 15) is 8.42 Å². The smallest absolute Gasteiger partial charge is 0.264 e. The highest BCUT2D eigenvalue weighted by Crippen LogP contribution is 2.65. The van der Waals surface area contributed by atoms with E-state index >= 15 is 0 Å². The minimum atomic E-state index is -4.33. The second-order valence-corrected chi connectivity index (χ2v) is 10.3. The van der Waals surface area contributed by atoms with E-state index in [1.165, 1.54) is 32.1 Å². The van der Waals surface area contributed by atoms with Crippen molar-refractivity contribution in [3.63, 3.8) is 0 Å². The van der Waals surface area contributed by atoms with Crippen LogP contribution in [0, 0.1) is 34.5 Å². The average molecular weight is 355 g/mol. The van der Waals surface area contributed by atoms with Gasteiger partial charge in [0.15, 0.2) is 0 Å². The van der Waals surface area contributed by atoms with Crippen molar-refractivity contribution in [2.45, 2.75) is 71.3 Å². The zero-order chi connectivity index (χ0) is 17.2. The molecule has 0 bridgehead atoms. The van der Waals surface area contributed by atoms with Gasteiger partial charge in [-0.3, -0.25) is 4.55 Å². The van der Waals surface area contributed by atoms with Crippen molar-refractivity contribution >= 4 is 10.4 Å². The Hall–Kier alpha value is -0.390. The van der Waals surface area contributed by atoms with Gasteiger partial charge in [0, 0.05) is 0 Å². The summed E-state index contributed by atoms with van der Waals surface area (Å²) < 4.78 is 36.0. The summed E-state index contributed by atoms with van der Waals surface area (Å²) >= 11 is 0. The van der Waals surface area contributed by atoms with E-state index in [2.05, 4.69) is 26.0 Å². The predicted molar refractivity (Wildman–Crippen MR) is 92.7 cm³/mol. The third-order valence-corrected chi connectivity index (χ3v) is 8.72. The maximum atomic E-state index is 11.1. The molecule has 24 heavy (non-hydrogen) atoms. The van der Waals surface area contributed by atoms with Gasteiger partial charge in [-0.2, -0.15) is 8.42 Å². The molecule has 0 aromatic rings. The molecule has 4 rings (SSSR count). The van der Waals surface area contributed by atoms with Crippen molar-refractivity contribution in [3.05, 3.63) is 12.2 Å². The summed E-state index contributed by atoms with van der Waals surface area (Å²) in [7, 11) is -4.33. The van der Waals surface area contributed by atoms with Crippen molar-refractivity contribution in [3.8, 4) is 0 Å². The number of fused-ring (bicyclic) bond motifs is 5. The molecule has 4 aliphatic carbocycles. The molecule has 3 fully saturated rings. The van der Waals surface area contributed by atoms with Crippen molar-refractivity contribution in [2.24, 2.45) is 34.5 Å². The first kappa shape index (κ1) is 17.0. The van der Waals surface area contributed by atoms with Crippen LogP contribution in [0.2, 0.25) is 0 Å². The topological polar surface area (TPSA) is 63.6 Å². The fourth-order valence-corrected chi connectivity index (χ4v) is 7.48. The molecule has 7 atom stereocenters. The molecule has 1 N–H and O–H groups in total. The summed E-state index contributed by atoms with van der Waals surface area (Å²) in [6.07, 6.45) is 13.4. The Bertz CT molecular complexity index is 642. The van der Waals surface area contributed by atoms with Crippen LogP contribution >= 0.6 is 0 Å². The Morgan fingerprint density at radius 2 is 1.88 bits per heavy atom. The van der Waals surface area contributed by atoms with Gasteiger partial charge in [-0.15, -0.1) is 0 Å². The lowest BCUT2D eigenvalue weighted by molar-refractivity contribution is -0.113. The molecule has 0 aromatic heterocycles. The Morgan fingerprint density at radius 1 is 1.08 bits per heavy atom. The lowest BCUT2D eigenvalue weighted by atomic mass is 9.45. The Balaban J connectivity index is 1.53. The van der Waals surface area contributed by atoms with Crippen molar-refractivity contribution < 1.29 is 17.2 Å². The molecule has 0 amide bonds. The third kappa shape index (κ3) is 2.67. The van der Waals surface area contributed by atoms with Gasteiger partial charge in [0.1, 0.15) is 0 Å². The molecule has 3 saturated carbocycles. The van der Waals surface area contributed by atoms with E-state index in [1.54, 1.807) is 0 Å². The second-order valence-electron chi connectivity index (χ2n) is 9.26. The first-order valence-electron chi connectivity index (χ1n) is 9.55. The summed E-state index contributed by atoms with van der Waals surface area (Å²) in [5.74, 6) is 2.92. The van der Waals surface area contributed by atoms with E-state index < -0.39 is 10.4 Å². The highest BCUT2D eigenvalue weighted by Gasteiger charge is 2.57. The highest BCUT2D eigenvalue weighted by atomic mass is 32.3. The van der Waals surface area contributed by atoms with Crippen LogP contribution in [-0.2, 0) is 14.6 Å². The molecule has 0 heterocycles. The molecular formula is C19H30O4S. The fourth-order valence-electron chi connectivity index (χ4n) is 6.96. The van der Waals surface area contributed by atoms with E-state index in [0.29, 0.717) is 16.7 Å². The molecule has 0 unspecified atom stereocenters. The highest BCUT2D eigenvalue weighted by molar-refractivity contribution is 7.80. The number of allylic oxidation sites excluding steroid dienone is 2. The van der Waals surface area contributed by atoms with Gasteiger partial charge in [0.25, 0.3) is 0 Å².